The second-order valence-electron chi connectivity index (χ2n) is 4.46. The number of hydrogen-bond acceptors (Lipinski definition) is 5. The smallest absolute Gasteiger partial charge is 0.330 e. The Morgan fingerprint density at radius 3 is 2.15 bits per heavy atom. The number of rotatable bonds is 13. The Hall–Kier alpha value is -1.36. The van der Waals surface area contributed by atoms with Crippen molar-refractivity contribution in [1.82, 2.24) is 0 Å². The van der Waals surface area contributed by atoms with Gasteiger partial charge in [-0.1, -0.05) is 32.3 Å². The Bertz CT molecular complexity index is 275. The molecule has 0 heterocycles. The highest BCUT2D eigenvalue weighted by atomic mass is 16.6. The second-order valence-corrected chi connectivity index (χ2v) is 4.46. The van der Waals surface area contributed by atoms with Crippen molar-refractivity contribution in [2.75, 3.05) is 26.9 Å². The van der Waals surface area contributed by atoms with Gasteiger partial charge in [-0.15, -0.1) is 0 Å². The summed E-state index contributed by atoms with van der Waals surface area (Å²) >= 11 is 0. The van der Waals surface area contributed by atoms with Gasteiger partial charge in [0.05, 0.1) is 0 Å². The minimum absolute atomic E-state index is 0.0795. The molecule has 0 fully saturated rings. The third-order valence-corrected chi connectivity index (χ3v) is 2.74. The summed E-state index contributed by atoms with van der Waals surface area (Å²) in [6.07, 6.45) is 7.96. The molecular formula is C15H26O5. The molecule has 0 atom stereocenters. The van der Waals surface area contributed by atoms with E-state index >= 15 is 0 Å². The maximum absolute atomic E-state index is 11.3. The van der Waals surface area contributed by atoms with Crippen LogP contribution in [-0.4, -0.2) is 38.9 Å². The van der Waals surface area contributed by atoms with Gasteiger partial charge in [-0.2, -0.15) is 0 Å². The van der Waals surface area contributed by atoms with Crippen LogP contribution < -0.4 is 0 Å². The maximum atomic E-state index is 11.3. The summed E-state index contributed by atoms with van der Waals surface area (Å²) in [5, 5.41) is 0. The zero-order valence-electron chi connectivity index (χ0n) is 12.4. The molecule has 0 saturated heterocycles. The fourth-order valence-corrected chi connectivity index (χ4v) is 1.65. The lowest BCUT2D eigenvalue weighted by Gasteiger charge is -2.05. The largest absolute Gasteiger partial charge is 0.462 e. The molecular weight excluding hydrogens is 260 g/mol. The highest BCUT2D eigenvalue weighted by Gasteiger charge is 2.03. The van der Waals surface area contributed by atoms with Crippen LogP contribution in [0.25, 0.3) is 0 Å². The molecule has 0 aromatic heterocycles. The molecule has 0 N–H and O–H groups in total. The highest BCUT2D eigenvalue weighted by Crippen LogP contribution is 2.07. The van der Waals surface area contributed by atoms with Gasteiger partial charge in [-0.3, -0.25) is 4.79 Å². The number of methoxy groups -OCH3 is 1. The second kappa shape index (κ2) is 14.1. The monoisotopic (exact) mass is 286 g/mol. The SMILES string of the molecule is C=CC(=O)OCCOC(=O)CCCCCCCCOC. The molecule has 0 saturated carbocycles. The Kier molecular flexibility index (Phi) is 13.1. The van der Waals surface area contributed by atoms with E-state index < -0.39 is 5.97 Å². The topological polar surface area (TPSA) is 61.8 Å². The lowest BCUT2D eigenvalue weighted by molar-refractivity contribution is -0.149. The Labute approximate surface area is 121 Å². The van der Waals surface area contributed by atoms with E-state index in [1.54, 1.807) is 7.11 Å². The van der Waals surface area contributed by atoms with Crippen molar-refractivity contribution in [2.24, 2.45) is 0 Å². The Morgan fingerprint density at radius 1 is 0.900 bits per heavy atom. The van der Waals surface area contributed by atoms with Crippen molar-refractivity contribution >= 4 is 11.9 Å². The van der Waals surface area contributed by atoms with Gasteiger partial charge >= 0.3 is 11.9 Å². The number of unbranched alkanes of at least 4 members (excludes halogenated alkanes) is 5. The van der Waals surface area contributed by atoms with Crippen LogP contribution in [0.15, 0.2) is 12.7 Å². The number of hydrogen-bond donors (Lipinski definition) is 0. The molecule has 0 aliphatic carbocycles. The van der Waals surface area contributed by atoms with Gasteiger partial charge in [-0.05, 0) is 12.8 Å². The van der Waals surface area contributed by atoms with Crippen LogP contribution in [-0.2, 0) is 23.8 Å². The third kappa shape index (κ3) is 13.1. The average Bonchev–Trinajstić information content (AvgIpc) is 2.46. The van der Waals surface area contributed by atoms with E-state index in [1.807, 2.05) is 0 Å². The van der Waals surface area contributed by atoms with Gasteiger partial charge in [0.15, 0.2) is 0 Å². The standard InChI is InChI=1S/C15H26O5/c1-3-14(16)19-12-13-20-15(17)10-8-6-4-5-7-9-11-18-2/h3H,1,4-13H2,2H3. The lowest BCUT2D eigenvalue weighted by Crippen LogP contribution is -2.12. The average molecular weight is 286 g/mol. The van der Waals surface area contributed by atoms with Crippen LogP contribution in [0.1, 0.15) is 44.9 Å². The van der Waals surface area contributed by atoms with Crippen LogP contribution in [0, 0.1) is 0 Å². The van der Waals surface area contributed by atoms with E-state index in [1.165, 1.54) is 12.8 Å². The number of carbonyl (C=O) groups is 2. The first-order valence-electron chi connectivity index (χ1n) is 7.14. The summed E-state index contributed by atoms with van der Waals surface area (Å²) in [7, 11) is 1.71. The molecule has 0 bridgehead atoms. The predicted molar refractivity (Wildman–Crippen MR) is 76.3 cm³/mol. The molecule has 0 aromatic rings. The van der Waals surface area contributed by atoms with E-state index in [-0.39, 0.29) is 19.2 Å². The molecule has 5 nitrogen and oxygen atoms in total. The maximum Gasteiger partial charge on any atom is 0.330 e. The summed E-state index contributed by atoms with van der Waals surface area (Å²) in [5.74, 6) is -0.742. The van der Waals surface area contributed by atoms with E-state index in [2.05, 4.69) is 11.3 Å². The van der Waals surface area contributed by atoms with Gasteiger partial charge in [0.1, 0.15) is 13.2 Å². The zero-order valence-corrected chi connectivity index (χ0v) is 12.4. The van der Waals surface area contributed by atoms with Gasteiger partial charge < -0.3 is 14.2 Å². The Morgan fingerprint density at radius 2 is 1.50 bits per heavy atom. The zero-order chi connectivity index (χ0) is 15.1. The molecule has 5 heteroatoms. The van der Waals surface area contributed by atoms with Crippen molar-refractivity contribution in [3.8, 4) is 0 Å². The molecule has 0 amide bonds. The van der Waals surface area contributed by atoms with Crippen LogP contribution >= 0.6 is 0 Å². The van der Waals surface area contributed by atoms with E-state index in [4.69, 9.17) is 9.47 Å². The predicted octanol–water partition coefficient (Wildman–Crippen LogP) is 2.64. The normalized spacial score (nSPS) is 10.1. The molecule has 0 spiro atoms. The number of esters is 2. The third-order valence-electron chi connectivity index (χ3n) is 2.74. The van der Waals surface area contributed by atoms with E-state index in [0.29, 0.717) is 6.42 Å². The van der Waals surface area contributed by atoms with Gasteiger partial charge in [0.2, 0.25) is 0 Å². The van der Waals surface area contributed by atoms with E-state index in [9.17, 15) is 9.59 Å². The van der Waals surface area contributed by atoms with Crippen molar-refractivity contribution in [1.29, 1.82) is 0 Å². The van der Waals surface area contributed by atoms with Crippen LogP contribution in [0.4, 0.5) is 0 Å². The molecule has 0 unspecified atom stereocenters. The van der Waals surface area contributed by atoms with Crippen LogP contribution in [0.5, 0.6) is 0 Å². The van der Waals surface area contributed by atoms with Gasteiger partial charge in [-0.25, -0.2) is 4.79 Å². The summed E-state index contributed by atoms with van der Waals surface area (Å²) in [4.78, 5) is 22.0. The molecule has 116 valence electrons. The van der Waals surface area contributed by atoms with Gasteiger partial charge in [0, 0.05) is 26.2 Å². The molecule has 20 heavy (non-hydrogen) atoms. The summed E-state index contributed by atoms with van der Waals surface area (Å²) in [5.41, 5.74) is 0. The van der Waals surface area contributed by atoms with Crippen molar-refractivity contribution in [3.63, 3.8) is 0 Å². The van der Waals surface area contributed by atoms with Crippen LogP contribution in [0.3, 0.4) is 0 Å². The van der Waals surface area contributed by atoms with Crippen LogP contribution in [0.2, 0.25) is 0 Å². The first kappa shape index (κ1) is 18.6. The molecule has 0 rings (SSSR count). The summed E-state index contributed by atoms with van der Waals surface area (Å²) in [6, 6.07) is 0. The summed E-state index contributed by atoms with van der Waals surface area (Å²) in [6.45, 7) is 4.27. The van der Waals surface area contributed by atoms with Crippen molar-refractivity contribution in [3.05, 3.63) is 12.7 Å². The first-order chi connectivity index (χ1) is 9.70. The summed E-state index contributed by atoms with van der Waals surface area (Å²) < 4.78 is 14.6. The van der Waals surface area contributed by atoms with Crippen molar-refractivity contribution < 1.29 is 23.8 Å². The number of ether oxygens (including phenoxy) is 3. The lowest BCUT2D eigenvalue weighted by atomic mass is 10.1. The molecule has 0 aliphatic heterocycles. The minimum atomic E-state index is -0.505. The minimum Gasteiger partial charge on any atom is -0.462 e. The molecule has 0 aliphatic rings. The highest BCUT2D eigenvalue weighted by molar-refractivity contribution is 5.81. The molecule has 0 aromatic carbocycles. The van der Waals surface area contributed by atoms with E-state index in [0.717, 1.165) is 38.4 Å². The number of carbonyl (C=O) groups excluding carboxylic acids is 2. The fourth-order valence-electron chi connectivity index (χ4n) is 1.65. The van der Waals surface area contributed by atoms with Gasteiger partial charge in [0.25, 0.3) is 0 Å². The Balaban J connectivity index is 3.24. The van der Waals surface area contributed by atoms with Crippen molar-refractivity contribution in [2.45, 2.75) is 44.9 Å². The first-order valence-corrected chi connectivity index (χ1v) is 7.14. The quantitative estimate of drug-likeness (QED) is 0.296. The molecule has 0 radical (unpaired) electrons. The fraction of sp³-hybridized carbons (Fsp3) is 0.733.